The topological polar surface area (TPSA) is 0 Å². The molecule has 0 nitrogen and oxygen atoms in total. The van der Waals surface area contributed by atoms with E-state index in [2.05, 4.69) is 56.0 Å². The molecule has 0 amide bonds. The smallest absolute Gasteiger partial charge is 0.00150 e. The molecule has 1 unspecified atom stereocenters. The lowest BCUT2D eigenvalue weighted by atomic mass is 9.91. The van der Waals surface area contributed by atoms with E-state index in [-0.39, 0.29) is 0 Å². The monoisotopic (exact) mass is 222 g/mol. The van der Waals surface area contributed by atoms with Gasteiger partial charge in [0.05, 0.1) is 0 Å². The Kier molecular flexibility index (Phi) is 3.77. The third-order valence-electron chi connectivity index (χ3n) is 3.11. The second kappa shape index (κ2) is 5.49. The molecule has 1 aromatic rings. The van der Waals surface area contributed by atoms with Crippen molar-refractivity contribution in [2.24, 2.45) is 5.92 Å². The Morgan fingerprint density at radius 2 is 2.00 bits per heavy atom. The average molecular weight is 222 g/mol. The van der Waals surface area contributed by atoms with Gasteiger partial charge in [-0.15, -0.1) is 0 Å². The van der Waals surface area contributed by atoms with Gasteiger partial charge < -0.3 is 0 Å². The van der Waals surface area contributed by atoms with Crippen LogP contribution in [0.25, 0.3) is 5.57 Å². The van der Waals surface area contributed by atoms with Crippen molar-refractivity contribution >= 4 is 5.57 Å². The molecule has 0 bridgehead atoms. The molecule has 0 saturated carbocycles. The van der Waals surface area contributed by atoms with Crippen LogP contribution in [0.3, 0.4) is 0 Å². The summed E-state index contributed by atoms with van der Waals surface area (Å²) in [5.74, 6) is 0.528. The quantitative estimate of drug-likeness (QED) is 0.646. The fraction of sp³-hybridized carbons (Fsp3) is 0.176. The molecule has 0 fully saturated rings. The molecule has 1 atom stereocenters. The second-order valence-corrected chi connectivity index (χ2v) is 4.43. The van der Waals surface area contributed by atoms with E-state index in [0.29, 0.717) is 5.92 Å². The first-order valence-electron chi connectivity index (χ1n) is 6.03. The molecule has 1 aromatic carbocycles. The van der Waals surface area contributed by atoms with Gasteiger partial charge in [0.1, 0.15) is 0 Å². The zero-order chi connectivity index (χ0) is 12.1. The molecule has 1 aliphatic rings. The fourth-order valence-corrected chi connectivity index (χ4v) is 2.04. The standard InChI is InChI=1S/C17H18/c1-14(16-9-5-3-6-10-16)13-15(2)17-11-7-4-8-12-17/h3-11,13,17H,1,12H2,2H3/b15-13+. The van der Waals surface area contributed by atoms with Crippen LogP contribution in [0.5, 0.6) is 0 Å². The third kappa shape index (κ3) is 3.07. The van der Waals surface area contributed by atoms with E-state index in [1.54, 1.807) is 0 Å². The van der Waals surface area contributed by atoms with E-state index in [1.165, 1.54) is 11.1 Å². The van der Waals surface area contributed by atoms with Crippen LogP contribution < -0.4 is 0 Å². The van der Waals surface area contributed by atoms with E-state index >= 15 is 0 Å². The minimum Gasteiger partial charge on any atom is -0.0912 e. The Bertz CT molecular complexity index is 472. The largest absolute Gasteiger partial charge is 0.0912 e. The summed E-state index contributed by atoms with van der Waals surface area (Å²) in [6.45, 7) is 6.32. The number of benzene rings is 1. The normalized spacial score (nSPS) is 19.4. The highest BCUT2D eigenvalue weighted by Crippen LogP contribution is 2.24. The van der Waals surface area contributed by atoms with Crippen LogP contribution >= 0.6 is 0 Å². The highest BCUT2D eigenvalue weighted by Gasteiger charge is 2.07. The summed E-state index contributed by atoms with van der Waals surface area (Å²) < 4.78 is 0. The highest BCUT2D eigenvalue weighted by molar-refractivity contribution is 5.72. The molecule has 0 spiro atoms. The van der Waals surface area contributed by atoms with E-state index in [9.17, 15) is 0 Å². The maximum atomic E-state index is 4.14. The van der Waals surface area contributed by atoms with Crippen molar-refractivity contribution in [3.63, 3.8) is 0 Å². The molecule has 0 saturated heterocycles. The minimum absolute atomic E-state index is 0.528. The zero-order valence-corrected chi connectivity index (χ0v) is 10.3. The van der Waals surface area contributed by atoms with Crippen LogP contribution in [-0.2, 0) is 0 Å². The molecular formula is C17H18. The Morgan fingerprint density at radius 3 is 2.65 bits per heavy atom. The van der Waals surface area contributed by atoms with Crippen LogP contribution in [-0.4, -0.2) is 0 Å². The highest BCUT2D eigenvalue weighted by atomic mass is 14.1. The summed E-state index contributed by atoms with van der Waals surface area (Å²) in [4.78, 5) is 0. The summed E-state index contributed by atoms with van der Waals surface area (Å²) >= 11 is 0. The molecule has 2 rings (SSSR count). The lowest BCUT2D eigenvalue weighted by Gasteiger charge is -2.14. The van der Waals surface area contributed by atoms with Gasteiger partial charge in [-0.1, -0.05) is 72.9 Å². The predicted molar refractivity (Wildman–Crippen MR) is 75.6 cm³/mol. The average Bonchev–Trinajstić information content (AvgIpc) is 2.40. The van der Waals surface area contributed by atoms with Gasteiger partial charge in [0, 0.05) is 5.92 Å². The molecular weight excluding hydrogens is 204 g/mol. The van der Waals surface area contributed by atoms with Crippen molar-refractivity contribution in [1.82, 2.24) is 0 Å². The molecule has 0 N–H and O–H groups in total. The first-order valence-corrected chi connectivity index (χ1v) is 6.03. The van der Waals surface area contributed by atoms with Crippen LogP contribution in [0, 0.1) is 5.92 Å². The van der Waals surface area contributed by atoms with Crippen LogP contribution in [0.4, 0.5) is 0 Å². The Hall–Kier alpha value is -1.82. The molecule has 1 aliphatic carbocycles. The van der Waals surface area contributed by atoms with Gasteiger partial charge in [-0.3, -0.25) is 0 Å². The van der Waals surface area contributed by atoms with Crippen LogP contribution in [0.15, 0.2) is 72.9 Å². The first kappa shape index (κ1) is 11.7. The van der Waals surface area contributed by atoms with Crippen molar-refractivity contribution in [3.05, 3.63) is 78.4 Å². The maximum Gasteiger partial charge on any atom is 0.00150 e. The van der Waals surface area contributed by atoms with Crippen molar-refractivity contribution < 1.29 is 0 Å². The van der Waals surface area contributed by atoms with Gasteiger partial charge >= 0.3 is 0 Å². The lowest BCUT2D eigenvalue weighted by molar-refractivity contribution is 0.767. The third-order valence-corrected chi connectivity index (χ3v) is 3.11. The van der Waals surface area contributed by atoms with Gasteiger partial charge in [-0.2, -0.15) is 0 Å². The van der Waals surface area contributed by atoms with E-state index in [1.807, 2.05) is 18.2 Å². The summed E-state index contributed by atoms with van der Waals surface area (Å²) in [6.07, 6.45) is 12.0. The lowest BCUT2D eigenvalue weighted by Crippen LogP contribution is -1.99. The molecule has 86 valence electrons. The Balaban J connectivity index is 2.11. The molecule has 0 aliphatic heterocycles. The number of allylic oxidation sites excluding steroid dienone is 7. The predicted octanol–water partition coefficient (Wildman–Crippen LogP) is 4.78. The van der Waals surface area contributed by atoms with Crippen molar-refractivity contribution in [1.29, 1.82) is 0 Å². The number of hydrogen-bond donors (Lipinski definition) is 0. The van der Waals surface area contributed by atoms with Crippen LogP contribution in [0.2, 0.25) is 0 Å². The maximum absolute atomic E-state index is 4.14. The minimum atomic E-state index is 0.528. The fourth-order valence-electron chi connectivity index (χ4n) is 2.04. The van der Waals surface area contributed by atoms with Gasteiger partial charge in [-0.25, -0.2) is 0 Å². The number of hydrogen-bond acceptors (Lipinski definition) is 0. The summed E-state index contributed by atoms with van der Waals surface area (Å²) in [6, 6.07) is 10.3. The molecule has 0 aromatic heterocycles. The van der Waals surface area contributed by atoms with Crippen molar-refractivity contribution in [3.8, 4) is 0 Å². The van der Waals surface area contributed by atoms with Gasteiger partial charge in [0.15, 0.2) is 0 Å². The Labute approximate surface area is 104 Å². The van der Waals surface area contributed by atoms with Gasteiger partial charge in [-0.05, 0) is 24.5 Å². The van der Waals surface area contributed by atoms with Gasteiger partial charge in [0.25, 0.3) is 0 Å². The summed E-state index contributed by atoms with van der Waals surface area (Å²) in [5.41, 5.74) is 3.66. The SMILES string of the molecule is C=C(/C=C(\C)C1C=CC=CC1)c1ccccc1. The zero-order valence-electron chi connectivity index (χ0n) is 10.3. The van der Waals surface area contributed by atoms with Crippen molar-refractivity contribution in [2.45, 2.75) is 13.3 Å². The molecule has 0 heteroatoms. The van der Waals surface area contributed by atoms with Gasteiger partial charge in [0.2, 0.25) is 0 Å². The van der Waals surface area contributed by atoms with Crippen molar-refractivity contribution in [2.75, 3.05) is 0 Å². The summed E-state index contributed by atoms with van der Waals surface area (Å²) in [7, 11) is 0. The summed E-state index contributed by atoms with van der Waals surface area (Å²) in [5, 5.41) is 0. The van der Waals surface area contributed by atoms with E-state index in [0.717, 1.165) is 12.0 Å². The van der Waals surface area contributed by atoms with Crippen LogP contribution in [0.1, 0.15) is 18.9 Å². The molecule has 0 heterocycles. The number of rotatable bonds is 3. The Morgan fingerprint density at radius 1 is 1.24 bits per heavy atom. The second-order valence-electron chi connectivity index (χ2n) is 4.43. The first-order chi connectivity index (χ1) is 8.27. The van der Waals surface area contributed by atoms with E-state index in [4.69, 9.17) is 0 Å². The van der Waals surface area contributed by atoms with E-state index < -0.39 is 0 Å². The molecule has 17 heavy (non-hydrogen) atoms. The molecule has 0 radical (unpaired) electrons.